The smallest absolute Gasteiger partial charge is 0.0965 e. The van der Waals surface area contributed by atoms with Crippen molar-refractivity contribution < 1.29 is 12.3 Å². The Labute approximate surface area is 162 Å². The highest BCUT2D eigenvalue weighted by atomic mass is 16.5. The molecule has 3 N–H and O–H groups in total. The van der Waals surface area contributed by atoms with Crippen LogP contribution in [0.5, 0.6) is 0 Å². The Bertz CT molecular complexity index is 213. The zero-order chi connectivity index (χ0) is 18.3. The van der Waals surface area contributed by atoms with Gasteiger partial charge in [0.15, 0.2) is 0 Å². The van der Waals surface area contributed by atoms with E-state index < -0.39 is 0 Å². The van der Waals surface area contributed by atoms with E-state index in [9.17, 15) is 0 Å². The van der Waals surface area contributed by atoms with Crippen molar-refractivity contribution in [2.45, 2.75) is 92.9 Å². The second kappa shape index (κ2) is 28.6. The van der Waals surface area contributed by atoms with Crippen molar-refractivity contribution in [1.82, 2.24) is 5.32 Å². The molecule has 160 valence electrons. The van der Waals surface area contributed by atoms with Gasteiger partial charge in [-0.25, -0.2) is 0 Å². The van der Waals surface area contributed by atoms with Crippen LogP contribution in [0.4, 0.5) is 0 Å². The molecule has 0 aromatic carbocycles. The minimum absolute atomic E-state index is 0. The van der Waals surface area contributed by atoms with Crippen LogP contribution in [0.2, 0.25) is 0 Å². The molecule has 0 aliphatic carbocycles. The van der Waals surface area contributed by atoms with E-state index in [1.54, 1.807) is 0 Å². The van der Waals surface area contributed by atoms with Crippen molar-refractivity contribution >= 4 is 0 Å². The number of ether oxygens (including phenoxy) is 2. The fourth-order valence-electron chi connectivity index (χ4n) is 2.15. The van der Waals surface area contributed by atoms with E-state index in [-0.39, 0.29) is 10.3 Å². The summed E-state index contributed by atoms with van der Waals surface area (Å²) in [6.45, 7) is 13.6. The van der Waals surface area contributed by atoms with E-state index in [1.807, 2.05) is 13.8 Å². The van der Waals surface area contributed by atoms with Crippen molar-refractivity contribution in [1.29, 1.82) is 0 Å². The minimum Gasteiger partial charge on any atom is -0.381 e. The molecule has 0 aliphatic heterocycles. The van der Waals surface area contributed by atoms with Gasteiger partial charge in [0.25, 0.3) is 0 Å². The summed E-state index contributed by atoms with van der Waals surface area (Å²) in [6, 6.07) is 0. The fraction of sp³-hybridized carbons (Fsp3) is 1.00. The highest BCUT2D eigenvalue weighted by Gasteiger charge is 1.95. The molecule has 0 atom stereocenters. The third-order valence-electron chi connectivity index (χ3n) is 3.68. The molecule has 0 bridgehead atoms. The largest absolute Gasteiger partial charge is 0.381 e. The highest BCUT2D eigenvalue weighted by molar-refractivity contribution is 4.48. The number of nitrogens with two attached hydrogens (primary N) is 1. The lowest BCUT2D eigenvalue weighted by Gasteiger charge is -2.08. The van der Waals surface area contributed by atoms with E-state index in [0.29, 0.717) is 6.73 Å². The van der Waals surface area contributed by atoms with Gasteiger partial charge in [0.05, 0.1) is 6.73 Å². The Balaban J connectivity index is -0.000000311. The zero-order valence-electron chi connectivity index (χ0n) is 17.1. The Morgan fingerprint density at radius 1 is 0.800 bits per heavy atom. The van der Waals surface area contributed by atoms with Crippen LogP contribution >= 0.6 is 0 Å². The molecular formula is C21H54N2O2. The first-order chi connectivity index (χ1) is 11.8. The zero-order valence-corrected chi connectivity index (χ0v) is 17.1. The molecule has 0 spiro atoms. The molecule has 4 nitrogen and oxygen atoms in total. The average molecular weight is 367 g/mol. The van der Waals surface area contributed by atoms with Crippen LogP contribution < -0.4 is 11.1 Å². The molecule has 0 rings (SSSR count). The summed E-state index contributed by atoms with van der Waals surface area (Å²) in [5.41, 5.74) is 5.47. The number of hydrogen-bond donors (Lipinski definition) is 2. The van der Waals surface area contributed by atoms with Gasteiger partial charge in [0, 0.05) is 22.7 Å². The SMILES string of the molecule is C.CC.CC(C)CCOCCCCOCNCCCCCCCCN.[HH].[HH]. The van der Waals surface area contributed by atoms with Crippen molar-refractivity contribution in [2.75, 3.05) is 39.6 Å². The van der Waals surface area contributed by atoms with Crippen LogP contribution in [0.3, 0.4) is 0 Å². The third kappa shape index (κ3) is 32.0. The minimum atomic E-state index is 0. The van der Waals surface area contributed by atoms with E-state index >= 15 is 0 Å². The molecule has 0 unspecified atom stereocenters. The number of unbranched alkanes of at least 4 members (excludes halogenated alkanes) is 6. The van der Waals surface area contributed by atoms with Gasteiger partial charge in [-0.15, -0.1) is 0 Å². The molecule has 0 amide bonds. The first-order valence-corrected chi connectivity index (χ1v) is 10.3. The van der Waals surface area contributed by atoms with Gasteiger partial charge >= 0.3 is 0 Å². The summed E-state index contributed by atoms with van der Waals surface area (Å²) in [4.78, 5) is 0. The molecule has 25 heavy (non-hydrogen) atoms. The maximum Gasteiger partial charge on any atom is 0.0965 e. The molecule has 0 saturated heterocycles. The predicted octanol–water partition coefficient (Wildman–Crippen LogP) is 5.85. The summed E-state index contributed by atoms with van der Waals surface area (Å²) in [5.74, 6) is 0.736. The lowest BCUT2D eigenvalue weighted by atomic mass is 10.1. The standard InChI is InChI=1S/C18H40N2O2.C2H6.CH4.2H2/c1-18(2)11-16-21-14-9-10-15-22-17-20-13-8-6-4-3-5-7-12-19;1-2;;;/h18,20H,3-17,19H2,1-2H3;1-2H3;1H4;2*1H. The average Bonchev–Trinajstić information content (AvgIpc) is 2.59. The third-order valence-corrected chi connectivity index (χ3v) is 3.68. The highest BCUT2D eigenvalue weighted by Crippen LogP contribution is 2.04. The summed E-state index contributed by atoms with van der Waals surface area (Å²) in [5, 5.41) is 3.34. The summed E-state index contributed by atoms with van der Waals surface area (Å²) in [7, 11) is 0. The lowest BCUT2D eigenvalue weighted by Crippen LogP contribution is -2.19. The van der Waals surface area contributed by atoms with Crippen LogP contribution in [-0.2, 0) is 9.47 Å². The van der Waals surface area contributed by atoms with Crippen molar-refractivity contribution in [2.24, 2.45) is 11.7 Å². The van der Waals surface area contributed by atoms with E-state index in [0.717, 1.165) is 58.1 Å². The predicted molar refractivity (Wildman–Crippen MR) is 117 cm³/mol. The number of nitrogens with one attached hydrogen (secondary N) is 1. The Kier molecular flexibility index (Phi) is 33.9. The first-order valence-electron chi connectivity index (χ1n) is 10.3. The molecule has 0 saturated carbocycles. The van der Waals surface area contributed by atoms with Crippen LogP contribution in [0, 0.1) is 5.92 Å². The molecule has 0 aromatic heterocycles. The molecule has 0 aliphatic rings. The molecule has 0 heterocycles. The second-order valence-corrected chi connectivity index (χ2v) is 6.46. The van der Waals surface area contributed by atoms with Gasteiger partial charge in [-0.2, -0.15) is 0 Å². The van der Waals surface area contributed by atoms with Gasteiger partial charge in [0.1, 0.15) is 0 Å². The van der Waals surface area contributed by atoms with Gasteiger partial charge in [-0.3, -0.25) is 5.32 Å². The number of hydrogen-bond acceptors (Lipinski definition) is 4. The van der Waals surface area contributed by atoms with Gasteiger partial charge in [0.2, 0.25) is 0 Å². The van der Waals surface area contributed by atoms with Crippen LogP contribution in [0.25, 0.3) is 0 Å². The summed E-state index contributed by atoms with van der Waals surface area (Å²) in [6.07, 6.45) is 11.0. The van der Waals surface area contributed by atoms with Crippen LogP contribution in [-0.4, -0.2) is 39.6 Å². The quantitative estimate of drug-likeness (QED) is 0.236. The maximum atomic E-state index is 5.57. The van der Waals surface area contributed by atoms with Crippen molar-refractivity contribution in [3.63, 3.8) is 0 Å². The van der Waals surface area contributed by atoms with Crippen molar-refractivity contribution in [3.8, 4) is 0 Å². The molecule has 4 heteroatoms. The van der Waals surface area contributed by atoms with Gasteiger partial charge < -0.3 is 15.2 Å². The fourth-order valence-corrected chi connectivity index (χ4v) is 2.15. The molecule has 0 fully saturated rings. The normalized spacial score (nSPS) is 10.3. The first kappa shape index (κ1) is 29.6. The molecule has 0 aromatic rings. The molecule has 0 radical (unpaired) electrons. The topological polar surface area (TPSA) is 56.5 Å². The van der Waals surface area contributed by atoms with E-state index in [1.165, 1.54) is 38.5 Å². The Hall–Kier alpha value is -0.160. The van der Waals surface area contributed by atoms with E-state index in [2.05, 4.69) is 19.2 Å². The molecular weight excluding hydrogens is 312 g/mol. The van der Waals surface area contributed by atoms with E-state index in [4.69, 9.17) is 15.2 Å². The summed E-state index contributed by atoms with van der Waals surface area (Å²) >= 11 is 0. The van der Waals surface area contributed by atoms with Crippen molar-refractivity contribution in [3.05, 3.63) is 0 Å². The lowest BCUT2D eigenvalue weighted by molar-refractivity contribution is 0.0904. The monoisotopic (exact) mass is 366 g/mol. The number of rotatable bonds is 18. The van der Waals surface area contributed by atoms with Crippen LogP contribution in [0.15, 0.2) is 0 Å². The Morgan fingerprint density at radius 3 is 1.96 bits per heavy atom. The van der Waals surface area contributed by atoms with Gasteiger partial charge in [-0.05, 0) is 51.1 Å². The second-order valence-electron chi connectivity index (χ2n) is 6.46. The Morgan fingerprint density at radius 2 is 1.36 bits per heavy atom. The maximum absolute atomic E-state index is 5.57. The van der Waals surface area contributed by atoms with Gasteiger partial charge in [-0.1, -0.05) is 60.8 Å². The summed E-state index contributed by atoms with van der Waals surface area (Å²) < 4.78 is 11.1. The van der Waals surface area contributed by atoms with Crippen LogP contribution in [0.1, 0.15) is 95.8 Å².